The van der Waals surface area contributed by atoms with Crippen LogP contribution < -0.4 is 5.32 Å². The van der Waals surface area contributed by atoms with Gasteiger partial charge in [0.25, 0.3) is 0 Å². The quantitative estimate of drug-likeness (QED) is 0.366. The van der Waals surface area contributed by atoms with Crippen LogP contribution in [0.15, 0.2) is 41.6 Å². The largest absolute Gasteiger partial charge is 0.508 e. The normalized spacial score (nSPS) is 16.0. The SMILES string of the molecule is O=C1Cc2cc(C(=O)CSc3nnc(-c4ccc(O)cc4)n3C3CCCCC3)c(Cl)cc2N1. The van der Waals surface area contributed by atoms with Crippen molar-refractivity contribution in [3.8, 4) is 17.1 Å². The highest BCUT2D eigenvalue weighted by atomic mass is 35.5. The number of rotatable bonds is 6. The summed E-state index contributed by atoms with van der Waals surface area (Å²) in [7, 11) is 0. The Morgan fingerprint density at radius 2 is 1.91 bits per heavy atom. The Morgan fingerprint density at radius 1 is 1.15 bits per heavy atom. The number of carbonyl (C=O) groups is 2. The molecule has 2 heterocycles. The lowest BCUT2D eigenvalue weighted by Crippen LogP contribution is -2.15. The van der Waals surface area contributed by atoms with Gasteiger partial charge in [-0.15, -0.1) is 10.2 Å². The smallest absolute Gasteiger partial charge is 0.228 e. The van der Waals surface area contributed by atoms with Gasteiger partial charge in [-0.3, -0.25) is 14.2 Å². The number of hydrogen-bond acceptors (Lipinski definition) is 6. The summed E-state index contributed by atoms with van der Waals surface area (Å²) in [6, 6.07) is 10.6. The molecule has 1 aliphatic carbocycles. The molecule has 2 aromatic carbocycles. The number of fused-ring (bicyclic) bond motifs is 1. The van der Waals surface area contributed by atoms with E-state index in [-0.39, 0.29) is 35.7 Å². The van der Waals surface area contributed by atoms with Gasteiger partial charge in [-0.05, 0) is 54.8 Å². The molecule has 1 aliphatic heterocycles. The zero-order chi connectivity index (χ0) is 22.9. The van der Waals surface area contributed by atoms with E-state index in [2.05, 4.69) is 20.1 Å². The second kappa shape index (κ2) is 9.19. The number of anilines is 1. The van der Waals surface area contributed by atoms with Gasteiger partial charge in [0.15, 0.2) is 16.8 Å². The third kappa shape index (κ3) is 4.50. The van der Waals surface area contributed by atoms with Crippen molar-refractivity contribution in [2.24, 2.45) is 0 Å². The van der Waals surface area contributed by atoms with Gasteiger partial charge in [-0.25, -0.2) is 0 Å². The predicted molar refractivity (Wildman–Crippen MR) is 128 cm³/mol. The van der Waals surface area contributed by atoms with E-state index in [4.69, 9.17) is 11.6 Å². The second-order valence-corrected chi connectivity index (χ2v) is 9.79. The van der Waals surface area contributed by atoms with Gasteiger partial charge in [0, 0.05) is 22.9 Å². The van der Waals surface area contributed by atoms with Gasteiger partial charge in [-0.2, -0.15) is 0 Å². The van der Waals surface area contributed by atoms with Crippen LogP contribution >= 0.6 is 23.4 Å². The van der Waals surface area contributed by atoms with Gasteiger partial charge in [0.05, 0.1) is 17.2 Å². The summed E-state index contributed by atoms with van der Waals surface area (Å²) >= 11 is 7.70. The fourth-order valence-corrected chi connectivity index (χ4v) is 5.68. The van der Waals surface area contributed by atoms with Crippen molar-refractivity contribution < 1.29 is 14.7 Å². The molecule has 33 heavy (non-hydrogen) atoms. The first-order valence-electron chi connectivity index (χ1n) is 11.0. The molecule has 0 atom stereocenters. The van der Waals surface area contributed by atoms with E-state index in [1.165, 1.54) is 18.2 Å². The molecule has 2 aliphatic rings. The fourth-order valence-electron chi connectivity index (χ4n) is 4.52. The average molecular weight is 483 g/mol. The van der Waals surface area contributed by atoms with Crippen molar-refractivity contribution >= 4 is 40.7 Å². The van der Waals surface area contributed by atoms with Crippen molar-refractivity contribution in [1.29, 1.82) is 0 Å². The number of Topliss-reactive ketones (excluding diaryl/α,β-unsaturated/α-hetero) is 1. The van der Waals surface area contributed by atoms with E-state index in [9.17, 15) is 14.7 Å². The maximum Gasteiger partial charge on any atom is 0.228 e. The summed E-state index contributed by atoms with van der Waals surface area (Å²) in [6.07, 6.45) is 5.87. The number of aromatic hydroxyl groups is 1. The molecule has 170 valence electrons. The first kappa shape index (κ1) is 22.0. The number of phenolic OH excluding ortho intramolecular Hbond substituents is 1. The summed E-state index contributed by atoms with van der Waals surface area (Å²) in [4.78, 5) is 24.7. The van der Waals surface area contributed by atoms with Crippen LogP contribution in [-0.2, 0) is 11.2 Å². The van der Waals surface area contributed by atoms with Crippen LogP contribution in [0.5, 0.6) is 5.75 Å². The highest BCUT2D eigenvalue weighted by Crippen LogP contribution is 2.36. The van der Waals surface area contributed by atoms with Crippen molar-refractivity contribution in [1.82, 2.24) is 14.8 Å². The van der Waals surface area contributed by atoms with Gasteiger partial charge < -0.3 is 10.4 Å². The van der Waals surface area contributed by atoms with Crippen LogP contribution in [0.1, 0.15) is 54.1 Å². The Kier molecular flexibility index (Phi) is 6.12. The Balaban J connectivity index is 1.40. The van der Waals surface area contributed by atoms with E-state index in [0.717, 1.165) is 42.6 Å². The zero-order valence-electron chi connectivity index (χ0n) is 17.9. The average Bonchev–Trinajstić information content (AvgIpc) is 3.40. The molecule has 1 saturated carbocycles. The van der Waals surface area contributed by atoms with Gasteiger partial charge >= 0.3 is 0 Å². The number of nitrogens with zero attached hydrogens (tertiary/aromatic N) is 3. The molecule has 7 nitrogen and oxygen atoms in total. The molecule has 0 bridgehead atoms. The molecule has 0 spiro atoms. The number of thioether (sulfide) groups is 1. The monoisotopic (exact) mass is 482 g/mol. The molecule has 3 aromatic rings. The summed E-state index contributed by atoms with van der Waals surface area (Å²) in [6.45, 7) is 0. The highest BCUT2D eigenvalue weighted by Gasteiger charge is 2.26. The van der Waals surface area contributed by atoms with Crippen molar-refractivity contribution in [3.63, 3.8) is 0 Å². The Labute approximate surface area is 200 Å². The molecule has 0 saturated heterocycles. The maximum absolute atomic E-state index is 13.0. The van der Waals surface area contributed by atoms with Crippen LogP contribution in [-0.4, -0.2) is 37.3 Å². The second-order valence-electron chi connectivity index (χ2n) is 8.44. The van der Waals surface area contributed by atoms with Gasteiger partial charge in [-0.1, -0.05) is 42.6 Å². The first-order chi connectivity index (χ1) is 16.0. The number of nitrogens with one attached hydrogen (secondary N) is 1. The predicted octanol–water partition coefficient (Wildman–Crippen LogP) is 5.28. The number of halogens is 1. The summed E-state index contributed by atoms with van der Waals surface area (Å²) in [5, 5.41) is 22.3. The lowest BCUT2D eigenvalue weighted by Gasteiger charge is -2.25. The van der Waals surface area contributed by atoms with Crippen LogP contribution in [0.2, 0.25) is 5.02 Å². The van der Waals surface area contributed by atoms with Crippen LogP contribution in [0.25, 0.3) is 11.4 Å². The first-order valence-corrected chi connectivity index (χ1v) is 12.4. The lowest BCUT2D eigenvalue weighted by molar-refractivity contribution is -0.115. The Morgan fingerprint density at radius 3 is 2.67 bits per heavy atom. The molecule has 1 aromatic heterocycles. The molecule has 0 unspecified atom stereocenters. The number of carbonyl (C=O) groups excluding carboxylic acids is 2. The van der Waals surface area contributed by atoms with E-state index < -0.39 is 0 Å². The Hall–Kier alpha value is -2.84. The van der Waals surface area contributed by atoms with E-state index in [0.29, 0.717) is 21.4 Å². The number of hydrogen-bond donors (Lipinski definition) is 2. The van der Waals surface area contributed by atoms with Crippen LogP contribution in [0.3, 0.4) is 0 Å². The number of phenols is 1. The third-order valence-electron chi connectivity index (χ3n) is 6.18. The summed E-state index contributed by atoms with van der Waals surface area (Å²) in [5.41, 5.74) is 2.76. The minimum Gasteiger partial charge on any atom is -0.508 e. The topological polar surface area (TPSA) is 97.1 Å². The number of amides is 1. The molecule has 5 rings (SSSR count). The van der Waals surface area contributed by atoms with E-state index in [1.807, 2.05) is 12.1 Å². The zero-order valence-corrected chi connectivity index (χ0v) is 19.5. The molecular formula is C24H23ClN4O3S. The van der Waals surface area contributed by atoms with Crippen molar-refractivity contribution in [2.75, 3.05) is 11.1 Å². The van der Waals surface area contributed by atoms with Crippen molar-refractivity contribution in [2.45, 2.75) is 49.7 Å². The Bertz CT molecular complexity index is 1220. The number of benzene rings is 2. The molecule has 1 amide bonds. The maximum atomic E-state index is 13.0. The summed E-state index contributed by atoms with van der Waals surface area (Å²) < 4.78 is 2.15. The highest BCUT2D eigenvalue weighted by molar-refractivity contribution is 7.99. The molecule has 1 fully saturated rings. The molecular weight excluding hydrogens is 460 g/mol. The van der Waals surface area contributed by atoms with Crippen molar-refractivity contribution in [3.05, 3.63) is 52.5 Å². The number of aromatic nitrogens is 3. The minimum absolute atomic E-state index is 0.0950. The van der Waals surface area contributed by atoms with E-state index in [1.54, 1.807) is 24.3 Å². The standard InChI is InChI=1S/C24H23ClN4O3S/c25-19-12-20-15(11-22(32)26-20)10-18(19)21(31)13-33-24-28-27-23(14-6-8-17(30)9-7-14)29(24)16-4-2-1-3-5-16/h6-10,12,16,30H,1-5,11,13H2,(H,26,32). The van der Waals surface area contributed by atoms with Crippen LogP contribution in [0, 0.1) is 0 Å². The third-order valence-corrected chi connectivity index (χ3v) is 7.44. The lowest BCUT2D eigenvalue weighted by atomic mass is 9.95. The number of ketones is 1. The molecule has 9 heteroatoms. The van der Waals surface area contributed by atoms with E-state index >= 15 is 0 Å². The minimum atomic E-state index is -0.114. The van der Waals surface area contributed by atoms with Gasteiger partial charge in [0.1, 0.15) is 5.75 Å². The summed E-state index contributed by atoms with van der Waals surface area (Å²) in [5.74, 6) is 0.905. The van der Waals surface area contributed by atoms with Crippen LogP contribution in [0.4, 0.5) is 5.69 Å². The molecule has 2 N–H and O–H groups in total. The molecule has 0 radical (unpaired) electrons. The van der Waals surface area contributed by atoms with Gasteiger partial charge in [0.2, 0.25) is 5.91 Å². The fraction of sp³-hybridized carbons (Fsp3) is 0.333.